The van der Waals surface area contributed by atoms with Crippen LogP contribution in [0, 0.1) is 5.82 Å². The SMILES string of the molecule is CC1CCC(COc2ccc(/C(N)=N/O)cc2F)O1. The van der Waals surface area contributed by atoms with E-state index >= 15 is 0 Å². The number of hydrogen-bond donors (Lipinski definition) is 2. The maximum absolute atomic E-state index is 13.7. The van der Waals surface area contributed by atoms with Gasteiger partial charge in [-0.15, -0.1) is 0 Å². The first-order valence-electron chi connectivity index (χ1n) is 6.16. The van der Waals surface area contributed by atoms with Gasteiger partial charge in [0.2, 0.25) is 0 Å². The lowest BCUT2D eigenvalue weighted by Gasteiger charge is -2.13. The second-order valence-electron chi connectivity index (χ2n) is 4.59. The Morgan fingerprint density at radius 2 is 2.37 bits per heavy atom. The van der Waals surface area contributed by atoms with Crippen LogP contribution in [0.5, 0.6) is 5.75 Å². The molecule has 1 fully saturated rings. The van der Waals surface area contributed by atoms with Gasteiger partial charge in [0.25, 0.3) is 0 Å². The van der Waals surface area contributed by atoms with Crippen LogP contribution in [0.2, 0.25) is 0 Å². The molecule has 6 heteroatoms. The summed E-state index contributed by atoms with van der Waals surface area (Å²) in [5.74, 6) is -0.550. The van der Waals surface area contributed by atoms with E-state index in [0.29, 0.717) is 12.2 Å². The van der Waals surface area contributed by atoms with Crippen LogP contribution in [0.25, 0.3) is 0 Å². The molecule has 0 amide bonds. The van der Waals surface area contributed by atoms with E-state index in [-0.39, 0.29) is 23.8 Å². The van der Waals surface area contributed by atoms with Crippen molar-refractivity contribution in [2.45, 2.75) is 32.0 Å². The Morgan fingerprint density at radius 1 is 1.58 bits per heavy atom. The lowest BCUT2D eigenvalue weighted by Crippen LogP contribution is -2.18. The Hall–Kier alpha value is -1.82. The van der Waals surface area contributed by atoms with E-state index in [0.717, 1.165) is 12.8 Å². The van der Waals surface area contributed by atoms with E-state index in [1.165, 1.54) is 18.2 Å². The van der Waals surface area contributed by atoms with Gasteiger partial charge in [0.15, 0.2) is 17.4 Å². The molecular weight excluding hydrogens is 251 g/mol. The Balaban J connectivity index is 1.97. The van der Waals surface area contributed by atoms with Crippen molar-refractivity contribution in [1.29, 1.82) is 0 Å². The summed E-state index contributed by atoms with van der Waals surface area (Å²) < 4.78 is 24.7. The number of nitrogens with two attached hydrogens (primary N) is 1. The monoisotopic (exact) mass is 268 g/mol. The Kier molecular flexibility index (Phi) is 4.21. The number of hydrogen-bond acceptors (Lipinski definition) is 4. The number of benzene rings is 1. The van der Waals surface area contributed by atoms with Crippen LogP contribution < -0.4 is 10.5 Å². The molecule has 1 saturated heterocycles. The Morgan fingerprint density at radius 3 is 2.95 bits per heavy atom. The maximum Gasteiger partial charge on any atom is 0.170 e. The molecule has 0 radical (unpaired) electrons. The van der Waals surface area contributed by atoms with Crippen LogP contribution in [0.3, 0.4) is 0 Å². The van der Waals surface area contributed by atoms with Crippen LogP contribution in [0.15, 0.2) is 23.4 Å². The van der Waals surface area contributed by atoms with Crippen LogP contribution in [-0.4, -0.2) is 29.9 Å². The maximum atomic E-state index is 13.7. The molecule has 0 aromatic heterocycles. The number of rotatable bonds is 4. The minimum absolute atomic E-state index is 0.0122. The predicted octanol–water partition coefficient (Wildman–Crippen LogP) is 1.87. The lowest BCUT2D eigenvalue weighted by atomic mass is 10.2. The Labute approximate surface area is 110 Å². The molecule has 19 heavy (non-hydrogen) atoms. The molecule has 2 unspecified atom stereocenters. The average Bonchev–Trinajstić information content (AvgIpc) is 2.82. The van der Waals surface area contributed by atoms with Crippen molar-refractivity contribution < 1.29 is 19.1 Å². The minimum Gasteiger partial charge on any atom is -0.488 e. The summed E-state index contributed by atoms with van der Waals surface area (Å²) in [6.07, 6.45) is 2.17. The largest absolute Gasteiger partial charge is 0.488 e. The predicted molar refractivity (Wildman–Crippen MR) is 68.0 cm³/mol. The van der Waals surface area contributed by atoms with Gasteiger partial charge in [0, 0.05) is 5.56 Å². The molecule has 1 aliphatic rings. The summed E-state index contributed by atoms with van der Waals surface area (Å²) in [4.78, 5) is 0. The number of ether oxygens (including phenoxy) is 2. The summed E-state index contributed by atoms with van der Waals surface area (Å²) in [6, 6.07) is 4.16. The van der Waals surface area contributed by atoms with Crippen LogP contribution in [0.1, 0.15) is 25.3 Å². The van der Waals surface area contributed by atoms with Gasteiger partial charge in [0.05, 0.1) is 12.2 Å². The van der Waals surface area contributed by atoms with E-state index in [1.807, 2.05) is 6.92 Å². The van der Waals surface area contributed by atoms with Crippen molar-refractivity contribution in [3.05, 3.63) is 29.6 Å². The zero-order chi connectivity index (χ0) is 13.8. The fraction of sp³-hybridized carbons (Fsp3) is 0.462. The second-order valence-corrected chi connectivity index (χ2v) is 4.59. The molecule has 2 atom stereocenters. The van der Waals surface area contributed by atoms with Crippen molar-refractivity contribution in [2.24, 2.45) is 10.9 Å². The van der Waals surface area contributed by atoms with Gasteiger partial charge >= 0.3 is 0 Å². The highest BCUT2D eigenvalue weighted by Gasteiger charge is 2.22. The molecule has 2 rings (SSSR count). The molecular formula is C13H17FN2O3. The summed E-state index contributed by atoms with van der Waals surface area (Å²) in [5, 5.41) is 11.3. The van der Waals surface area contributed by atoms with E-state index in [9.17, 15) is 4.39 Å². The zero-order valence-electron chi connectivity index (χ0n) is 10.7. The van der Waals surface area contributed by atoms with Crippen molar-refractivity contribution in [3.63, 3.8) is 0 Å². The van der Waals surface area contributed by atoms with Gasteiger partial charge in [0.1, 0.15) is 6.61 Å². The van der Waals surface area contributed by atoms with Crippen molar-refractivity contribution >= 4 is 5.84 Å². The minimum atomic E-state index is -0.546. The van der Waals surface area contributed by atoms with Gasteiger partial charge in [-0.2, -0.15) is 0 Å². The number of nitrogens with zero attached hydrogens (tertiary/aromatic N) is 1. The number of amidine groups is 1. The normalized spacial score (nSPS) is 23.6. The van der Waals surface area contributed by atoms with E-state index in [1.54, 1.807) is 0 Å². The second kappa shape index (κ2) is 5.88. The summed E-state index contributed by atoms with van der Waals surface area (Å²) >= 11 is 0. The fourth-order valence-corrected chi connectivity index (χ4v) is 2.03. The van der Waals surface area contributed by atoms with Crippen LogP contribution in [0.4, 0.5) is 4.39 Å². The number of halogens is 1. The highest BCUT2D eigenvalue weighted by atomic mass is 19.1. The van der Waals surface area contributed by atoms with Crippen molar-refractivity contribution in [2.75, 3.05) is 6.61 Å². The van der Waals surface area contributed by atoms with E-state index in [2.05, 4.69) is 5.16 Å². The molecule has 1 aliphatic heterocycles. The highest BCUT2D eigenvalue weighted by Crippen LogP contribution is 2.22. The van der Waals surface area contributed by atoms with Gasteiger partial charge < -0.3 is 20.4 Å². The Bertz CT molecular complexity index is 479. The molecule has 0 spiro atoms. The standard InChI is InChI=1S/C13H17FN2O3/c1-8-2-4-10(19-8)7-18-12-5-3-9(6-11(12)14)13(15)16-17/h3,5-6,8,10,17H,2,4,7H2,1H3,(H2,15,16). The fourth-order valence-electron chi connectivity index (χ4n) is 2.03. The van der Waals surface area contributed by atoms with Crippen LogP contribution in [-0.2, 0) is 4.74 Å². The zero-order valence-corrected chi connectivity index (χ0v) is 10.7. The topological polar surface area (TPSA) is 77.1 Å². The van der Waals surface area contributed by atoms with Gasteiger partial charge in [-0.25, -0.2) is 4.39 Å². The van der Waals surface area contributed by atoms with Gasteiger partial charge in [-0.1, -0.05) is 5.16 Å². The van der Waals surface area contributed by atoms with Crippen molar-refractivity contribution in [3.8, 4) is 5.75 Å². The molecule has 5 nitrogen and oxygen atoms in total. The molecule has 1 aromatic rings. The molecule has 0 aliphatic carbocycles. The molecule has 1 heterocycles. The summed E-state index contributed by atoms with van der Waals surface area (Å²) in [7, 11) is 0. The van der Waals surface area contributed by atoms with E-state index in [4.69, 9.17) is 20.4 Å². The first-order valence-corrected chi connectivity index (χ1v) is 6.16. The van der Waals surface area contributed by atoms with Gasteiger partial charge in [-0.05, 0) is 38.0 Å². The first-order chi connectivity index (χ1) is 9.10. The molecule has 0 bridgehead atoms. The number of oxime groups is 1. The van der Waals surface area contributed by atoms with Crippen molar-refractivity contribution in [1.82, 2.24) is 0 Å². The van der Waals surface area contributed by atoms with Crippen LogP contribution >= 0.6 is 0 Å². The summed E-state index contributed by atoms with van der Waals surface area (Å²) in [5.41, 5.74) is 5.68. The summed E-state index contributed by atoms with van der Waals surface area (Å²) in [6.45, 7) is 2.33. The quantitative estimate of drug-likeness (QED) is 0.378. The molecule has 104 valence electrons. The highest BCUT2D eigenvalue weighted by molar-refractivity contribution is 5.97. The third-order valence-corrected chi connectivity index (χ3v) is 3.08. The third kappa shape index (κ3) is 3.35. The van der Waals surface area contributed by atoms with Gasteiger partial charge in [-0.3, -0.25) is 0 Å². The molecule has 3 N–H and O–H groups in total. The van der Waals surface area contributed by atoms with E-state index < -0.39 is 5.82 Å². The molecule has 0 saturated carbocycles. The average molecular weight is 268 g/mol. The third-order valence-electron chi connectivity index (χ3n) is 3.08. The first kappa shape index (κ1) is 13.6. The lowest BCUT2D eigenvalue weighted by molar-refractivity contribution is 0.0256. The molecule has 1 aromatic carbocycles. The smallest absolute Gasteiger partial charge is 0.170 e.